The van der Waals surface area contributed by atoms with Crippen molar-refractivity contribution in [2.24, 2.45) is 5.92 Å². The fourth-order valence-corrected chi connectivity index (χ4v) is 3.53. The molecule has 136 valence electrons. The molecular weight excluding hydrogens is 324 g/mol. The highest BCUT2D eigenvalue weighted by Crippen LogP contribution is 2.33. The van der Waals surface area contributed by atoms with Gasteiger partial charge in [0.15, 0.2) is 0 Å². The van der Waals surface area contributed by atoms with Crippen LogP contribution in [0, 0.1) is 5.92 Å². The summed E-state index contributed by atoms with van der Waals surface area (Å²) < 4.78 is 0. The molecule has 1 aromatic rings. The van der Waals surface area contributed by atoms with Crippen molar-refractivity contribution in [1.29, 1.82) is 0 Å². The predicted octanol–water partition coefficient (Wildman–Crippen LogP) is 3.36. The number of piperidine rings is 1. The van der Waals surface area contributed by atoms with E-state index < -0.39 is 0 Å². The molecule has 0 atom stereocenters. The Labute approximate surface area is 155 Å². The highest BCUT2D eigenvalue weighted by atomic mass is 16.2. The SMILES string of the molecule is CC1=C=CN(c2ccncc2N2CCC(C(=O)NC3CC3)CC2)C=C1C. The number of aromatic nitrogens is 1. The van der Waals surface area contributed by atoms with Gasteiger partial charge in [0.1, 0.15) is 0 Å². The quantitative estimate of drug-likeness (QED) is 0.846. The van der Waals surface area contributed by atoms with Gasteiger partial charge in [-0.2, -0.15) is 0 Å². The Bertz CT molecular complexity index is 794. The Morgan fingerprint density at radius 2 is 1.96 bits per heavy atom. The third kappa shape index (κ3) is 3.54. The van der Waals surface area contributed by atoms with Crippen LogP contribution < -0.4 is 15.1 Å². The molecule has 1 saturated heterocycles. The smallest absolute Gasteiger partial charge is 0.223 e. The molecule has 1 aromatic heterocycles. The summed E-state index contributed by atoms with van der Waals surface area (Å²) in [5.74, 6) is 0.395. The largest absolute Gasteiger partial charge is 0.369 e. The maximum absolute atomic E-state index is 12.3. The minimum Gasteiger partial charge on any atom is -0.369 e. The Morgan fingerprint density at radius 3 is 2.65 bits per heavy atom. The molecule has 1 N–H and O–H groups in total. The standard InChI is InChI=1S/C21H26N4O/c1-15-6-10-25(14-16(15)2)19-5-9-22-13-20(19)24-11-7-17(8-12-24)21(26)23-18-3-4-18/h5,9-10,13-14,17-18H,3-4,7-8,11-12H2,1-2H3,(H,23,26). The number of carbonyl (C=O) groups excluding carboxylic acids is 1. The minimum absolute atomic E-state index is 0.148. The molecule has 0 radical (unpaired) electrons. The van der Waals surface area contributed by atoms with Crippen LogP contribution in [0.25, 0.3) is 0 Å². The first kappa shape index (κ1) is 16.9. The number of amides is 1. The number of nitrogens with zero attached hydrogens (tertiary/aromatic N) is 3. The molecule has 0 aromatic carbocycles. The lowest BCUT2D eigenvalue weighted by atomic mass is 9.95. The zero-order valence-corrected chi connectivity index (χ0v) is 15.5. The Balaban J connectivity index is 1.48. The van der Waals surface area contributed by atoms with E-state index >= 15 is 0 Å². The first-order valence-electron chi connectivity index (χ1n) is 9.51. The molecular formula is C21H26N4O. The number of allylic oxidation sites excluding steroid dienone is 2. The molecule has 3 aliphatic rings. The van der Waals surface area contributed by atoms with Crippen LogP contribution in [0.15, 0.2) is 47.7 Å². The van der Waals surface area contributed by atoms with Crippen molar-refractivity contribution < 1.29 is 4.79 Å². The summed E-state index contributed by atoms with van der Waals surface area (Å²) in [7, 11) is 0. The van der Waals surface area contributed by atoms with E-state index in [1.165, 1.54) is 11.1 Å². The van der Waals surface area contributed by atoms with E-state index in [9.17, 15) is 4.79 Å². The monoisotopic (exact) mass is 350 g/mol. The molecule has 1 aliphatic carbocycles. The van der Waals surface area contributed by atoms with Crippen molar-refractivity contribution in [2.45, 2.75) is 45.6 Å². The van der Waals surface area contributed by atoms with Gasteiger partial charge < -0.3 is 15.1 Å². The molecule has 1 amide bonds. The maximum Gasteiger partial charge on any atom is 0.223 e. The second-order valence-electron chi connectivity index (χ2n) is 7.53. The third-order valence-electron chi connectivity index (χ3n) is 5.53. The first-order valence-corrected chi connectivity index (χ1v) is 9.51. The van der Waals surface area contributed by atoms with E-state index in [0.717, 1.165) is 50.1 Å². The fraction of sp³-hybridized carbons (Fsp3) is 0.476. The van der Waals surface area contributed by atoms with Crippen molar-refractivity contribution in [2.75, 3.05) is 22.9 Å². The van der Waals surface area contributed by atoms with Crippen LogP contribution >= 0.6 is 0 Å². The van der Waals surface area contributed by atoms with Gasteiger partial charge in [-0.05, 0) is 56.7 Å². The number of hydrogen-bond donors (Lipinski definition) is 1. The lowest BCUT2D eigenvalue weighted by Gasteiger charge is -2.35. The molecule has 0 bridgehead atoms. The number of anilines is 2. The molecule has 2 fully saturated rings. The summed E-state index contributed by atoms with van der Waals surface area (Å²) in [6, 6.07) is 2.49. The lowest BCUT2D eigenvalue weighted by Crippen LogP contribution is -2.41. The highest BCUT2D eigenvalue weighted by molar-refractivity contribution is 5.80. The number of rotatable bonds is 4. The molecule has 2 aliphatic heterocycles. The summed E-state index contributed by atoms with van der Waals surface area (Å²) in [4.78, 5) is 21.1. The molecule has 1 saturated carbocycles. The number of pyridine rings is 1. The molecule has 0 spiro atoms. The van der Waals surface area contributed by atoms with Gasteiger partial charge in [0, 0.05) is 37.4 Å². The van der Waals surface area contributed by atoms with Gasteiger partial charge in [0.2, 0.25) is 5.91 Å². The molecule has 5 nitrogen and oxygen atoms in total. The van der Waals surface area contributed by atoms with Crippen molar-refractivity contribution >= 4 is 17.3 Å². The van der Waals surface area contributed by atoms with Crippen molar-refractivity contribution in [1.82, 2.24) is 10.3 Å². The summed E-state index contributed by atoms with van der Waals surface area (Å²) in [5, 5.41) is 3.15. The van der Waals surface area contributed by atoms with Gasteiger partial charge in [-0.3, -0.25) is 9.78 Å². The van der Waals surface area contributed by atoms with Gasteiger partial charge in [0.05, 0.1) is 23.8 Å². The van der Waals surface area contributed by atoms with Crippen LogP contribution in [0.4, 0.5) is 11.4 Å². The van der Waals surface area contributed by atoms with E-state index in [1.807, 2.05) is 24.7 Å². The van der Waals surface area contributed by atoms with E-state index in [0.29, 0.717) is 6.04 Å². The normalized spacial score (nSPS) is 20.7. The predicted molar refractivity (Wildman–Crippen MR) is 104 cm³/mol. The molecule has 5 heteroatoms. The van der Waals surface area contributed by atoms with Crippen molar-refractivity contribution in [3.8, 4) is 0 Å². The second-order valence-corrected chi connectivity index (χ2v) is 7.53. The van der Waals surface area contributed by atoms with Gasteiger partial charge in [-0.15, -0.1) is 0 Å². The van der Waals surface area contributed by atoms with Crippen LogP contribution in [0.1, 0.15) is 39.5 Å². The average Bonchev–Trinajstić information content (AvgIpc) is 3.48. The van der Waals surface area contributed by atoms with Gasteiger partial charge in [-0.25, -0.2) is 0 Å². The number of nitrogens with one attached hydrogen (secondary N) is 1. The summed E-state index contributed by atoms with van der Waals surface area (Å²) in [6.07, 6.45) is 12.0. The van der Waals surface area contributed by atoms with E-state index in [4.69, 9.17) is 0 Å². The maximum atomic E-state index is 12.3. The topological polar surface area (TPSA) is 48.5 Å². The Kier molecular flexibility index (Phi) is 4.56. The molecule has 26 heavy (non-hydrogen) atoms. The number of carbonyl (C=O) groups is 1. The van der Waals surface area contributed by atoms with Crippen LogP contribution in [0.5, 0.6) is 0 Å². The zero-order valence-electron chi connectivity index (χ0n) is 15.5. The van der Waals surface area contributed by atoms with E-state index in [2.05, 4.69) is 45.9 Å². The van der Waals surface area contributed by atoms with Crippen LogP contribution in [0.2, 0.25) is 0 Å². The molecule has 3 heterocycles. The van der Waals surface area contributed by atoms with Crippen molar-refractivity contribution in [3.05, 3.63) is 47.7 Å². The summed E-state index contributed by atoms with van der Waals surface area (Å²) >= 11 is 0. The fourth-order valence-electron chi connectivity index (χ4n) is 3.53. The van der Waals surface area contributed by atoms with E-state index in [1.54, 1.807) is 0 Å². The Morgan fingerprint density at radius 1 is 1.19 bits per heavy atom. The second kappa shape index (κ2) is 7.00. The summed E-state index contributed by atoms with van der Waals surface area (Å²) in [5.41, 5.74) is 7.93. The number of hydrogen-bond acceptors (Lipinski definition) is 4. The van der Waals surface area contributed by atoms with Crippen LogP contribution in [0.3, 0.4) is 0 Å². The summed E-state index contributed by atoms with van der Waals surface area (Å²) in [6.45, 7) is 5.95. The van der Waals surface area contributed by atoms with Crippen LogP contribution in [-0.4, -0.2) is 30.0 Å². The van der Waals surface area contributed by atoms with Crippen LogP contribution in [-0.2, 0) is 4.79 Å². The lowest BCUT2D eigenvalue weighted by molar-refractivity contribution is -0.125. The third-order valence-corrected chi connectivity index (χ3v) is 5.53. The zero-order chi connectivity index (χ0) is 18.1. The minimum atomic E-state index is 0.148. The average molecular weight is 350 g/mol. The van der Waals surface area contributed by atoms with Crippen molar-refractivity contribution in [3.63, 3.8) is 0 Å². The first-order chi connectivity index (χ1) is 12.6. The molecule has 4 rings (SSSR count). The highest BCUT2D eigenvalue weighted by Gasteiger charge is 2.30. The van der Waals surface area contributed by atoms with Gasteiger partial charge >= 0.3 is 0 Å². The van der Waals surface area contributed by atoms with Gasteiger partial charge in [-0.1, -0.05) is 5.73 Å². The van der Waals surface area contributed by atoms with Gasteiger partial charge in [0.25, 0.3) is 0 Å². The molecule has 0 unspecified atom stereocenters. The van der Waals surface area contributed by atoms with E-state index in [-0.39, 0.29) is 11.8 Å². The Hall–Kier alpha value is -2.52.